The number of carbonyl (C=O) groups excluding carboxylic acids is 1. The van der Waals surface area contributed by atoms with Gasteiger partial charge in [0.15, 0.2) is 5.65 Å². The molecule has 1 aliphatic rings. The van der Waals surface area contributed by atoms with Crippen LogP contribution in [0.15, 0.2) is 35.5 Å². The molecule has 30 heavy (non-hydrogen) atoms. The summed E-state index contributed by atoms with van der Waals surface area (Å²) in [6, 6.07) is 6.02. The van der Waals surface area contributed by atoms with Crippen LogP contribution in [0.3, 0.4) is 0 Å². The van der Waals surface area contributed by atoms with Gasteiger partial charge in [0, 0.05) is 31.2 Å². The maximum atomic E-state index is 12.1. The molecular weight excluding hydrogens is 408 g/mol. The van der Waals surface area contributed by atoms with Crippen LogP contribution in [0.4, 0.5) is 16.4 Å². The van der Waals surface area contributed by atoms with Crippen molar-refractivity contribution in [2.45, 2.75) is 24.2 Å². The first kappa shape index (κ1) is 20.0. The number of anilines is 2. The number of nitrogens with one attached hydrogen (secondary N) is 3. The molecule has 11 nitrogen and oxygen atoms in total. The lowest BCUT2D eigenvalue weighted by Gasteiger charge is -2.17. The molecule has 1 aromatic carbocycles. The largest absolute Gasteiger partial charge is 0.338 e. The van der Waals surface area contributed by atoms with Crippen LogP contribution in [0.25, 0.3) is 11.2 Å². The van der Waals surface area contributed by atoms with E-state index >= 15 is 0 Å². The number of benzene rings is 1. The van der Waals surface area contributed by atoms with Gasteiger partial charge in [-0.25, -0.2) is 28.3 Å². The standard InChI is InChI=1S/C18H22N8O3S/c1-2-20-18(27)26-7-6-11(9-26)14-15-16(22-10-21-15)25-17(24-14)23-12-4-3-5-13(8-12)30(19,28)29/h3-5,8,10-11H,2,6-7,9H2,1H3,(H,20,27)(H2,19,28,29)(H2,21,22,23,24,25). The normalized spacial score (nSPS) is 16.7. The minimum absolute atomic E-state index is 0.0105. The van der Waals surface area contributed by atoms with Crippen LogP contribution in [0, 0.1) is 0 Å². The number of amides is 2. The second kappa shape index (κ2) is 7.88. The Morgan fingerprint density at radius 1 is 1.37 bits per heavy atom. The van der Waals surface area contributed by atoms with E-state index in [1.165, 1.54) is 12.1 Å². The van der Waals surface area contributed by atoms with E-state index in [4.69, 9.17) is 5.14 Å². The van der Waals surface area contributed by atoms with Gasteiger partial charge in [0.25, 0.3) is 0 Å². The van der Waals surface area contributed by atoms with E-state index in [0.29, 0.717) is 42.4 Å². The number of hydrogen-bond donors (Lipinski definition) is 4. The molecule has 12 heteroatoms. The molecule has 158 valence electrons. The van der Waals surface area contributed by atoms with Gasteiger partial charge in [0.1, 0.15) is 5.52 Å². The second-order valence-electron chi connectivity index (χ2n) is 7.00. The molecular formula is C18H22N8O3S. The topological polar surface area (TPSA) is 159 Å². The number of aromatic nitrogens is 4. The van der Waals surface area contributed by atoms with Crippen molar-refractivity contribution < 1.29 is 13.2 Å². The Balaban J connectivity index is 1.63. The summed E-state index contributed by atoms with van der Waals surface area (Å²) in [4.78, 5) is 30.3. The summed E-state index contributed by atoms with van der Waals surface area (Å²) in [6.07, 6.45) is 2.31. The lowest BCUT2D eigenvalue weighted by atomic mass is 10.0. The molecule has 1 aliphatic heterocycles. The number of primary sulfonamides is 1. The monoisotopic (exact) mass is 430 g/mol. The molecule has 0 spiro atoms. The first-order valence-corrected chi connectivity index (χ1v) is 11.0. The Labute approximate surface area is 173 Å². The molecule has 0 saturated carbocycles. The van der Waals surface area contributed by atoms with Crippen molar-refractivity contribution in [2.75, 3.05) is 25.0 Å². The van der Waals surface area contributed by atoms with E-state index in [1.54, 1.807) is 23.4 Å². The summed E-state index contributed by atoms with van der Waals surface area (Å²) in [6.45, 7) is 3.62. The van der Waals surface area contributed by atoms with Crippen molar-refractivity contribution in [3.63, 3.8) is 0 Å². The van der Waals surface area contributed by atoms with Gasteiger partial charge < -0.3 is 20.5 Å². The molecule has 2 amide bonds. The van der Waals surface area contributed by atoms with Crippen LogP contribution in [0.5, 0.6) is 0 Å². The number of likely N-dealkylation sites (tertiary alicyclic amines) is 1. The number of H-pyrrole nitrogens is 1. The van der Waals surface area contributed by atoms with E-state index in [1.807, 2.05) is 6.92 Å². The number of sulfonamides is 1. The molecule has 1 fully saturated rings. The highest BCUT2D eigenvalue weighted by molar-refractivity contribution is 7.89. The highest BCUT2D eigenvalue weighted by atomic mass is 32.2. The number of carbonyl (C=O) groups is 1. The molecule has 1 unspecified atom stereocenters. The van der Waals surface area contributed by atoms with E-state index in [2.05, 4.69) is 30.6 Å². The van der Waals surface area contributed by atoms with Crippen LogP contribution in [-0.4, -0.2) is 58.9 Å². The molecule has 0 radical (unpaired) electrons. The van der Waals surface area contributed by atoms with Crippen molar-refractivity contribution in [1.29, 1.82) is 0 Å². The summed E-state index contributed by atoms with van der Waals surface area (Å²) >= 11 is 0. The Hall–Kier alpha value is -3.25. The van der Waals surface area contributed by atoms with Crippen molar-refractivity contribution >= 4 is 38.9 Å². The zero-order valence-electron chi connectivity index (χ0n) is 16.3. The van der Waals surface area contributed by atoms with E-state index < -0.39 is 10.0 Å². The number of hydrogen-bond acceptors (Lipinski definition) is 7. The van der Waals surface area contributed by atoms with Crippen LogP contribution >= 0.6 is 0 Å². The first-order valence-electron chi connectivity index (χ1n) is 9.49. The summed E-state index contributed by atoms with van der Waals surface area (Å²) in [7, 11) is -3.82. The van der Waals surface area contributed by atoms with Gasteiger partial charge >= 0.3 is 6.03 Å². The number of aromatic amines is 1. The van der Waals surface area contributed by atoms with Crippen LogP contribution in [0.2, 0.25) is 0 Å². The highest BCUT2D eigenvalue weighted by Crippen LogP contribution is 2.31. The van der Waals surface area contributed by atoms with Gasteiger partial charge in [-0.1, -0.05) is 6.07 Å². The van der Waals surface area contributed by atoms with Gasteiger partial charge in [-0.3, -0.25) is 0 Å². The lowest BCUT2D eigenvalue weighted by Crippen LogP contribution is -2.38. The van der Waals surface area contributed by atoms with E-state index in [-0.39, 0.29) is 16.8 Å². The summed E-state index contributed by atoms with van der Waals surface area (Å²) in [5.41, 5.74) is 2.43. The highest BCUT2D eigenvalue weighted by Gasteiger charge is 2.30. The number of nitrogens with zero attached hydrogens (tertiary/aromatic N) is 4. The third kappa shape index (κ3) is 4.04. The quantitative estimate of drug-likeness (QED) is 0.474. The maximum Gasteiger partial charge on any atom is 0.317 e. The smallest absolute Gasteiger partial charge is 0.317 e. The fourth-order valence-electron chi connectivity index (χ4n) is 3.51. The van der Waals surface area contributed by atoms with Crippen molar-refractivity contribution in [3.8, 4) is 0 Å². The predicted octanol–water partition coefficient (Wildman–Crippen LogP) is 1.26. The SMILES string of the molecule is CCNC(=O)N1CCC(c2nc(Nc3cccc(S(N)(=O)=O)c3)nc3[nH]cnc23)C1. The first-order chi connectivity index (χ1) is 14.3. The number of urea groups is 1. The summed E-state index contributed by atoms with van der Waals surface area (Å²) in [5.74, 6) is 0.308. The molecule has 0 aliphatic carbocycles. The number of imidazole rings is 1. The molecule has 3 heterocycles. The third-order valence-corrected chi connectivity index (χ3v) is 5.83. The number of fused-ring (bicyclic) bond motifs is 1. The fraction of sp³-hybridized carbons (Fsp3) is 0.333. The maximum absolute atomic E-state index is 12.1. The third-order valence-electron chi connectivity index (χ3n) is 4.91. The van der Waals surface area contributed by atoms with Gasteiger partial charge in [0.2, 0.25) is 16.0 Å². The van der Waals surface area contributed by atoms with Crippen LogP contribution < -0.4 is 15.8 Å². The minimum Gasteiger partial charge on any atom is -0.338 e. The van der Waals surface area contributed by atoms with Crippen LogP contribution in [0.1, 0.15) is 25.0 Å². The molecule has 4 rings (SSSR count). The number of nitrogens with two attached hydrogens (primary N) is 1. The van der Waals surface area contributed by atoms with E-state index in [0.717, 1.165) is 12.1 Å². The van der Waals surface area contributed by atoms with Gasteiger partial charge in [0.05, 0.1) is 16.9 Å². The summed E-state index contributed by atoms with van der Waals surface area (Å²) in [5, 5.41) is 11.1. The zero-order chi connectivity index (χ0) is 21.3. The fourth-order valence-corrected chi connectivity index (χ4v) is 4.07. The second-order valence-corrected chi connectivity index (χ2v) is 8.56. The molecule has 1 atom stereocenters. The lowest BCUT2D eigenvalue weighted by molar-refractivity contribution is 0.209. The Kier molecular flexibility index (Phi) is 5.26. The summed E-state index contributed by atoms with van der Waals surface area (Å²) < 4.78 is 23.2. The molecule has 0 bridgehead atoms. The molecule has 2 aromatic heterocycles. The average Bonchev–Trinajstić information content (AvgIpc) is 3.37. The zero-order valence-corrected chi connectivity index (χ0v) is 17.1. The molecule has 5 N–H and O–H groups in total. The van der Waals surface area contributed by atoms with Crippen LogP contribution in [-0.2, 0) is 10.0 Å². The molecule has 1 saturated heterocycles. The average molecular weight is 430 g/mol. The van der Waals surface area contributed by atoms with E-state index in [9.17, 15) is 13.2 Å². The van der Waals surface area contributed by atoms with Gasteiger partial charge in [-0.2, -0.15) is 4.98 Å². The Morgan fingerprint density at radius 3 is 2.97 bits per heavy atom. The minimum atomic E-state index is -3.82. The Morgan fingerprint density at radius 2 is 2.20 bits per heavy atom. The predicted molar refractivity (Wildman–Crippen MR) is 111 cm³/mol. The molecule has 3 aromatic rings. The van der Waals surface area contributed by atoms with Gasteiger partial charge in [-0.05, 0) is 31.5 Å². The van der Waals surface area contributed by atoms with Gasteiger partial charge in [-0.15, -0.1) is 0 Å². The van der Waals surface area contributed by atoms with Crippen molar-refractivity contribution in [3.05, 3.63) is 36.3 Å². The van der Waals surface area contributed by atoms with Crippen molar-refractivity contribution in [2.24, 2.45) is 5.14 Å². The number of rotatable bonds is 5. The van der Waals surface area contributed by atoms with Crippen molar-refractivity contribution in [1.82, 2.24) is 30.2 Å². The Bertz CT molecular complexity index is 1190.